The van der Waals surface area contributed by atoms with Crippen LogP contribution in [0.2, 0.25) is 39.3 Å². The lowest BCUT2D eigenvalue weighted by atomic mass is 9.85. The Morgan fingerprint density at radius 3 is 1.20 bits per heavy atom. The van der Waals surface area contributed by atoms with Crippen LogP contribution in [0.25, 0.3) is 43.8 Å². The third-order valence-corrected chi connectivity index (χ3v) is 16.0. The monoisotopic (exact) mass is 736 g/mol. The summed E-state index contributed by atoms with van der Waals surface area (Å²) in [6, 6.07) is 51.5. The van der Waals surface area contributed by atoms with Crippen LogP contribution in [0, 0.1) is 0 Å². The molecule has 0 radical (unpaired) electrons. The Kier molecular flexibility index (Phi) is 8.67. The van der Waals surface area contributed by atoms with E-state index in [0.29, 0.717) is 0 Å². The smallest absolute Gasteiger partial charge is 0.0776 e. The summed E-state index contributed by atoms with van der Waals surface area (Å²) < 4.78 is 0. The molecule has 0 bridgehead atoms. The number of aryl methyl sites for hydroxylation is 2. The Morgan fingerprint density at radius 1 is 0.407 bits per heavy atom. The van der Waals surface area contributed by atoms with Crippen molar-refractivity contribution in [3.63, 3.8) is 0 Å². The minimum absolute atomic E-state index is 1.03. The quantitative estimate of drug-likeness (QED) is 0.124. The van der Waals surface area contributed by atoms with E-state index in [1.807, 2.05) is 0 Å². The molecule has 2 aliphatic heterocycles. The van der Waals surface area contributed by atoms with E-state index < -0.39 is 16.1 Å². The van der Waals surface area contributed by atoms with Crippen molar-refractivity contribution in [2.45, 2.75) is 65.0 Å². The zero-order valence-electron chi connectivity index (χ0n) is 32.8. The van der Waals surface area contributed by atoms with Crippen molar-refractivity contribution in [1.82, 2.24) is 0 Å². The number of nitrogens with zero attached hydrogens (tertiary/aromatic N) is 2. The molecule has 0 atom stereocenters. The van der Waals surface area contributed by atoms with Gasteiger partial charge in [0.15, 0.2) is 0 Å². The van der Waals surface area contributed by atoms with Crippen molar-refractivity contribution < 1.29 is 0 Å². The molecular formula is C50H52N2Si2. The molecule has 54 heavy (non-hydrogen) atoms. The molecule has 0 N–H and O–H groups in total. The van der Waals surface area contributed by atoms with Gasteiger partial charge in [-0.2, -0.15) is 0 Å². The van der Waals surface area contributed by atoms with Gasteiger partial charge in [0.25, 0.3) is 0 Å². The molecule has 2 heterocycles. The van der Waals surface area contributed by atoms with E-state index in [1.165, 1.54) is 90.5 Å². The summed E-state index contributed by atoms with van der Waals surface area (Å²) in [5.41, 5.74) is 13.5. The number of rotatable bonds is 6. The van der Waals surface area contributed by atoms with Gasteiger partial charge >= 0.3 is 0 Å². The number of anilines is 4. The largest absolute Gasteiger partial charge is 0.341 e. The zero-order valence-corrected chi connectivity index (χ0v) is 34.8. The molecule has 7 aromatic carbocycles. The summed E-state index contributed by atoms with van der Waals surface area (Å²) in [6.45, 7) is 16.8. The average molecular weight is 737 g/mol. The van der Waals surface area contributed by atoms with Crippen LogP contribution in [0.1, 0.15) is 24.0 Å². The Morgan fingerprint density at radius 2 is 0.815 bits per heavy atom. The molecule has 0 aliphatic carbocycles. The summed E-state index contributed by atoms with van der Waals surface area (Å²) in [7, 11) is -2.80. The van der Waals surface area contributed by atoms with Crippen LogP contribution < -0.4 is 20.2 Å². The van der Waals surface area contributed by atoms with Crippen LogP contribution in [-0.2, 0) is 12.8 Å². The Balaban J connectivity index is 1.27. The summed E-state index contributed by atoms with van der Waals surface area (Å²) in [5, 5.41) is 8.33. The molecular weight excluding hydrogens is 685 g/mol. The fourth-order valence-electron chi connectivity index (χ4n) is 9.04. The summed E-state index contributed by atoms with van der Waals surface area (Å²) in [5.74, 6) is 0. The Labute approximate surface area is 324 Å². The van der Waals surface area contributed by atoms with E-state index in [0.717, 1.165) is 25.9 Å². The highest BCUT2D eigenvalue weighted by atomic mass is 28.3. The first kappa shape index (κ1) is 34.8. The number of fused-ring (bicyclic) bond motifs is 4. The maximum absolute atomic E-state index is 2.58. The van der Waals surface area contributed by atoms with E-state index >= 15 is 0 Å². The second-order valence-corrected chi connectivity index (χ2v) is 27.8. The van der Waals surface area contributed by atoms with Crippen LogP contribution in [0.15, 0.2) is 133 Å². The van der Waals surface area contributed by atoms with Gasteiger partial charge in [-0.25, -0.2) is 0 Å². The normalized spacial score (nSPS) is 14.7. The molecule has 2 aliphatic rings. The third-order valence-electron chi connectivity index (χ3n) is 12.0. The Bertz CT molecular complexity index is 2350. The average Bonchev–Trinajstić information content (AvgIpc) is 3.18. The maximum atomic E-state index is 2.58. The number of hydrogen-bond acceptors (Lipinski definition) is 2. The Hall–Kier alpha value is -4.91. The third kappa shape index (κ3) is 6.19. The van der Waals surface area contributed by atoms with Gasteiger partial charge in [0.2, 0.25) is 0 Å². The van der Waals surface area contributed by atoms with Crippen LogP contribution in [0.5, 0.6) is 0 Å². The van der Waals surface area contributed by atoms with E-state index in [2.05, 4.69) is 183 Å². The number of benzene rings is 7. The SMILES string of the molecule is C[Si](C)(C)c1ccc2c(c1)CCCN2c1ccc2c(-c3ccccc3)c3cc(N4CCCc5cc([Si](C)(C)C)ccc54)ccc3c(-c3ccccc3)c2c1. The van der Waals surface area contributed by atoms with Crippen LogP contribution in [-0.4, -0.2) is 29.2 Å². The van der Waals surface area contributed by atoms with Gasteiger partial charge in [0.1, 0.15) is 0 Å². The highest BCUT2D eigenvalue weighted by molar-refractivity contribution is 6.89. The molecule has 0 aromatic heterocycles. The zero-order chi connectivity index (χ0) is 37.2. The predicted molar refractivity (Wildman–Crippen MR) is 242 cm³/mol. The van der Waals surface area contributed by atoms with Gasteiger partial charge in [-0.1, -0.05) is 147 Å². The van der Waals surface area contributed by atoms with E-state index in [-0.39, 0.29) is 0 Å². The molecule has 0 unspecified atom stereocenters. The maximum Gasteiger partial charge on any atom is 0.0776 e. The molecule has 4 heteroatoms. The van der Waals surface area contributed by atoms with Crippen molar-refractivity contribution in [2.24, 2.45) is 0 Å². The van der Waals surface area contributed by atoms with Gasteiger partial charge < -0.3 is 9.80 Å². The molecule has 9 rings (SSSR count). The van der Waals surface area contributed by atoms with E-state index in [1.54, 1.807) is 10.4 Å². The lowest BCUT2D eigenvalue weighted by molar-refractivity contribution is 0.768. The summed E-state index contributed by atoms with van der Waals surface area (Å²) in [4.78, 5) is 5.16. The topological polar surface area (TPSA) is 6.48 Å². The lowest BCUT2D eigenvalue weighted by Crippen LogP contribution is -2.38. The van der Waals surface area contributed by atoms with E-state index in [4.69, 9.17) is 0 Å². The first-order valence-corrected chi connectivity index (χ1v) is 27.0. The minimum Gasteiger partial charge on any atom is -0.341 e. The molecule has 0 saturated heterocycles. The molecule has 0 saturated carbocycles. The van der Waals surface area contributed by atoms with Crippen molar-refractivity contribution in [1.29, 1.82) is 0 Å². The second kappa shape index (κ2) is 13.4. The van der Waals surface area contributed by atoms with Crippen molar-refractivity contribution in [2.75, 3.05) is 22.9 Å². The van der Waals surface area contributed by atoms with Gasteiger partial charge in [-0.15, -0.1) is 0 Å². The highest BCUT2D eigenvalue weighted by Crippen LogP contribution is 2.47. The standard InChI is InChI=1S/C50H52N2Si2/c1-53(2,3)41-23-27-47-37(31-41)19-13-29-51(47)39-21-25-43-45(33-39)49(35-15-9-7-10-16-35)44-26-22-40(34-46(44)50(43)36-17-11-8-12-18-36)52-30-14-20-38-32-42(54(4,5)6)24-28-48(38)52/h7-12,15-18,21-28,31-34H,13-14,19-20,29-30H2,1-6H3. The highest BCUT2D eigenvalue weighted by Gasteiger charge is 2.26. The van der Waals surface area contributed by atoms with Gasteiger partial charge in [-0.3, -0.25) is 0 Å². The van der Waals surface area contributed by atoms with E-state index in [9.17, 15) is 0 Å². The molecule has 2 nitrogen and oxygen atoms in total. The minimum atomic E-state index is -1.40. The van der Waals surface area contributed by atoms with Crippen LogP contribution in [0.4, 0.5) is 22.7 Å². The van der Waals surface area contributed by atoms with Crippen LogP contribution in [0.3, 0.4) is 0 Å². The fraction of sp³-hybridized carbons (Fsp3) is 0.240. The van der Waals surface area contributed by atoms with Crippen LogP contribution >= 0.6 is 0 Å². The number of hydrogen-bond donors (Lipinski definition) is 0. The van der Waals surface area contributed by atoms with Crippen molar-refractivity contribution >= 4 is 70.8 Å². The van der Waals surface area contributed by atoms with Gasteiger partial charge in [-0.05, 0) is 117 Å². The molecule has 0 amide bonds. The summed E-state index contributed by atoms with van der Waals surface area (Å²) in [6.07, 6.45) is 4.64. The van der Waals surface area contributed by atoms with Gasteiger partial charge in [0.05, 0.1) is 16.1 Å². The molecule has 0 spiro atoms. The van der Waals surface area contributed by atoms with Crippen molar-refractivity contribution in [3.8, 4) is 22.3 Å². The molecule has 7 aromatic rings. The first-order chi connectivity index (χ1) is 26.0. The predicted octanol–water partition coefficient (Wildman–Crippen LogP) is 12.6. The molecule has 0 fully saturated rings. The van der Waals surface area contributed by atoms with Gasteiger partial charge in [0, 0.05) is 35.8 Å². The summed E-state index contributed by atoms with van der Waals surface area (Å²) >= 11 is 0. The fourth-order valence-corrected chi connectivity index (χ4v) is 11.4. The molecule has 270 valence electrons. The first-order valence-electron chi connectivity index (χ1n) is 20.0. The lowest BCUT2D eigenvalue weighted by Gasteiger charge is -2.34. The second-order valence-electron chi connectivity index (χ2n) is 17.6. The van der Waals surface area contributed by atoms with Crippen molar-refractivity contribution in [3.05, 3.63) is 145 Å².